The van der Waals surface area contributed by atoms with Crippen LogP contribution in [0.25, 0.3) is 0 Å². The molecule has 0 aliphatic carbocycles. The summed E-state index contributed by atoms with van der Waals surface area (Å²) >= 11 is 0. The Labute approximate surface area is 177 Å². The van der Waals surface area contributed by atoms with E-state index in [-0.39, 0.29) is 17.3 Å². The molecule has 1 atom stereocenters. The Hall–Kier alpha value is -3.03. The van der Waals surface area contributed by atoms with Crippen LogP contribution < -0.4 is 20.1 Å². The zero-order valence-corrected chi connectivity index (χ0v) is 17.9. The van der Waals surface area contributed by atoms with E-state index in [1.54, 1.807) is 14.2 Å². The molecule has 30 heavy (non-hydrogen) atoms. The molecule has 2 aliphatic rings. The van der Waals surface area contributed by atoms with E-state index in [0.717, 1.165) is 49.4 Å². The fourth-order valence-electron chi connectivity index (χ4n) is 4.77. The number of para-hydroxylation sites is 1. The number of methoxy groups -OCH3 is 2. The van der Waals surface area contributed by atoms with Crippen molar-refractivity contribution >= 4 is 17.7 Å². The number of aryl methyl sites for hydroxylation is 1. The van der Waals surface area contributed by atoms with Gasteiger partial charge < -0.3 is 25.0 Å². The molecule has 2 N–H and O–H groups in total. The van der Waals surface area contributed by atoms with Gasteiger partial charge in [0.05, 0.1) is 19.6 Å². The van der Waals surface area contributed by atoms with Crippen LogP contribution in [0.2, 0.25) is 0 Å². The van der Waals surface area contributed by atoms with Gasteiger partial charge in [0.25, 0.3) is 0 Å². The van der Waals surface area contributed by atoms with Crippen molar-refractivity contribution in [3.8, 4) is 11.5 Å². The van der Waals surface area contributed by atoms with Gasteiger partial charge in [-0.3, -0.25) is 4.79 Å². The monoisotopic (exact) mass is 411 g/mol. The first kappa shape index (κ1) is 20.3. The molecule has 1 aromatic carbocycles. The number of anilines is 2. The van der Waals surface area contributed by atoms with Gasteiger partial charge in [-0.05, 0) is 32.3 Å². The molecule has 2 saturated heterocycles. The summed E-state index contributed by atoms with van der Waals surface area (Å²) in [6, 6.07) is 7.72. The minimum atomic E-state index is -0.377. The maximum Gasteiger partial charge on any atom is 0.230 e. The van der Waals surface area contributed by atoms with Gasteiger partial charge in [0, 0.05) is 43.5 Å². The lowest BCUT2D eigenvalue weighted by atomic mass is 9.78. The highest BCUT2D eigenvalue weighted by atomic mass is 16.5. The lowest BCUT2D eigenvalue weighted by Crippen LogP contribution is -2.49. The van der Waals surface area contributed by atoms with Gasteiger partial charge in [0.15, 0.2) is 11.5 Å². The predicted octanol–water partition coefficient (Wildman–Crippen LogP) is 2.40. The molecule has 8 nitrogen and oxygen atoms in total. The van der Waals surface area contributed by atoms with Crippen molar-refractivity contribution in [2.24, 2.45) is 5.41 Å². The van der Waals surface area contributed by atoms with Crippen molar-refractivity contribution in [2.45, 2.75) is 32.7 Å². The fraction of sp³-hybridized carbons (Fsp3) is 0.500. The second-order valence-corrected chi connectivity index (χ2v) is 8.16. The normalized spacial score (nSPS) is 21.4. The number of nitrogen functional groups attached to an aromatic ring is 1. The van der Waals surface area contributed by atoms with E-state index in [1.807, 2.05) is 36.1 Å². The summed E-state index contributed by atoms with van der Waals surface area (Å²) in [6.07, 6.45) is 2.70. The second kappa shape index (κ2) is 8.01. The van der Waals surface area contributed by atoms with Crippen LogP contribution in [-0.4, -0.2) is 54.6 Å². The van der Waals surface area contributed by atoms with Crippen LogP contribution in [-0.2, 0) is 11.3 Å². The quantitative estimate of drug-likeness (QED) is 0.807. The minimum absolute atomic E-state index is 0.208. The van der Waals surface area contributed by atoms with Crippen LogP contribution in [0.4, 0.5) is 11.8 Å². The maximum absolute atomic E-state index is 13.6. The number of nitrogens with two attached hydrogens (primary N) is 1. The van der Waals surface area contributed by atoms with Gasteiger partial charge >= 0.3 is 0 Å². The van der Waals surface area contributed by atoms with E-state index < -0.39 is 0 Å². The lowest BCUT2D eigenvalue weighted by Gasteiger charge is -2.39. The number of carbonyl (C=O) groups excluding carboxylic acids is 1. The van der Waals surface area contributed by atoms with Crippen molar-refractivity contribution < 1.29 is 14.3 Å². The van der Waals surface area contributed by atoms with Crippen molar-refractivity contribution in [1.82, 2.24) is 14.9 Å². The van der Waals surface area contributed by atoms with E-state index in [0.29, 0.717) is 24.6 Å². The van der Waals surface area contributed by atoms with Crippen LogP contribution in [0.1, 0.15) is 30.5 Å². The number of carbonyl (C=O) groups is 1. The summed E-state index contributed by atoms with van der Waals surface area (Å²) in [4.78, 5) is 26.3. The number of hydrogen-bond donors (Lipinski definition) is 1. The van der Waals surface area contributed by atoms with Gasteiger partial charge in [-0.2, -0.15) is 4.98 Å². The number of rotatable bonds is 5. The molecule has 0 bridgehead atoms. The molecule has 2 aromatic rings. The Kier molecular flexibility index (Phi) is 5.40. The highest BCUT2D eigenvalue weighted by Crippen LogP contribution is 2.42. The number of hydrogen-bond acceptors (Lipinski definition) is 7. The maximum atomic E-state index is 13.6. The second-order valence-electron chi connectivity index (χ2n) is 8.16. The number of amides is 1. The number of piperidine rings is 1. The Bertz CT molecular complexity index is 930. The third kappa shape index (κ3) is 3.62. The summed E-state index contributed by atoms with van der Waals surface area (Å²) < 4.78 is 11.0. The van der Waals surface area contributed by atoms with Crippen LogP contribution in [0, 0.1) is 12.3 Å². The van der Waals surface area contributed by atoms with Crippen LogP contribution >= 0.6 is 0 Å². The van der Waals surface area contributed by atoms with Gasteiger partial charge in [0.2, 0.25) is 11.9 Å². The highest BCUT2D eigenvalue weighted by Gasteiger charge is 2.48. The molecule has 2 fully saturated rings. The predicted molar refractivity (Wildman–Crippen MR) is 115 cm³/mol. The third-order valence-electron chi connectivity index (χ3n) is 6.21. The van der Waals surface area contributed by atoms with Gasteiger partial charge in [-0.25, -0.2) is 4.98 Å². The number of ether oxygens (including phenoxy) is 2. The largest absolute Gasteiger partial charge is 0.493 e. The summed E-state index contributed by atoms with van der Waals surface area (Å²) in [5, 5.41) is 0. The van der Waals surface area contributed by atoms with E-state index in [1.165, 1.54) is 0 Å². The molecule has 8 heteroatoms. The molecule has 3 heterocycles. The Balaban J connectivity index is 1.54. The molecule has 1 amide bonds. The summed E-state index contributed by atoms with van der Waals surface area (Å²) in [5.74, 6) is 2.65. The molecular weight excluding hydrogens is 382 g/mol. The molecule has 1 aromatic heterocycles. The molecule has 2 aliphatic heterocycles. The van der Waals surface area contributed by atoms with Crippen molar-refractivity contribution in [3.05, 3.63) is 35.5 Å². The molecule has 1 unspecified atom stereocenters. The van der Waals surface area contributed by atoms with Gasteiger partial charge in [-0.15, -0.1) is 0 Å². The molecule has 4 rings (SSSR count). The van der Waals surface area contributed by atoms with E-state index in [4.69, 9.17) is 15.2 Å². The van der Waals surface area contributed by atoms with Crippen LogP contribution in [0.15, 0.2) is 24.3 Å². The molecule has 1 spiro atoms. The number of nitrogens with zero attached hydrogens (tertiary/aromatic N) is 4. The van der Waals surface area contributed by atoms with Crippen molar-refractivity contribution in [1.29, 1.82) is 0 Å². The molecule has 0 radical (unpaired) electrons. The number of benzene rings is 1. The highest BCUT2D eigenvalue weighted by molar-refractivity contribution is 5.85. The zero-order chi connectivity index (χ0) is 21.3. The average molecular weight is 412 g/mol. The molecule has 160 valence electrons. The van der Waals surface area contributed by atoms with Gasteiger partial charge in [0.1, 0.15) is 5.82 Å². The lowest BCUT2D eigenvalue weighted by molar-refractivity contribution is -0.145. The standard InChI is InChI=1S/C22H29N5O3/c1-15-12-18(25-21(23)24-15)27-11-9-22(14-27)8-5-10-26(20(22)28)13-16-6-4-7-17(29-2)19(16)30-3/h4,6-7,12H,5,8-11,13-14H2,1-3H3,(H2,23,24,25). The smallest absolute Gasteiger partial charge is 0.230 e. The Morgan fingerprint density at radius 3 is 2.73 bits per heavy atom. The topological polar surface area (TPSA) is 93.8 Å². The third-order valence-corrected chi connectivity index (χ3v) is 6.21. The number of likely N-dealkylation sites (tertiary alicyclic amines) is 1. The SMILES string of the molecule is COc1cccc(CN2CCCC3(CCN(c4cc(C)nc(N)n4)C3)C2=O)c1OC. The Morgan fingerprint density at radius 1 is 1.17 bits per heavy atom. The van der Waals surface area contributed by atoms with Crippen molar-refractivity contribution in [3.63, 3.8) is 0 Å². The van der Waals surface area contributed by atoms with Crippen molar-refractivity contribution in [2.75, 3.05) is 44.5 Å². The first-order valence-corrected chi connectivity index (χ1v) is 10.3. The summed E-state index contributed by atoms with van der Waals surface area (Å²) in [6.45, 7) is 4.62. The van der Waals surface area contributed by atoms with E-state index >= 15 is 0 Å². The molecule has 0 saturated carbocycles. The summed E-state index contributed by atoms with van der Waals surface area (Å²) in [7, 11) is 3.25. The zero-order valence-electron chi connectivity index (χ0n) is 17.9. The van der Waals surface area contributed by atoms with Gasteiger partial charge in [-0.1, -0.05) is 12.1 Å². The average Bonchev–Trinajstić information content (AvgIpc) is 3.15. The van der Waals surface area contributed by atoms with Crippen LogP contribution in [0.3, 0.4) is 0 Å². The first-order chi connectivity index (χ1) is 14.5. The fourth-order valence-corrected chi connectivity index (χ4v) is 4.77. The first-order valence-electron chi connectivity index (χ1n) is 10.3. The number of aromatic nitrogens is 2. The van der Waals surface area contributed by atoms with Crippen LogP contribution in [0.5, 0.6) is 11.5 Å². The minimum Gasteiger partial charge on any atom is -0.493 e. The molecular formula is C22H29N5O3. The van der Waals surface area contributed by atoms with E-state index in [2.05, 4.69) is 14.9 Å². The summed E-state index contributed by atoms with van der Waals surface area (Å²) in [5.41, 5.74) is 7.25. The van der Waals surface area contributed by atoms with E-state index in [9.17, 15) is 4.79 Å². The Morgan fingerprint density at radius 2 is 2.00 bits per heavy atom.